The molecular weight excluding hydrogens is 400 g/mol. The second kappa shape index (κ2) is 11.2. The van der Waals surface area contributed by atoms with Gasteiger partial charge < -0.3 is 14.2 Å². The Morgan fingerprint density at radius 1 is 0.719 bits per heavy atom. The minimum absolute atomic E-state index is 0.0690. The van der Waals surface area contributed by atoms with Crippen molar-refractivity contribution in [2.45, 2.75) is 31.8 Å². The largest absolute Gasteiger partial charge is 0.468 e. The molecule has 4 rings (SSSR count). The Bertz CT molecular complexity index is 1040. The van der Waals surface area contributed by atoms with Crippen molar-refractivity contribution in [1.29, 1.82) is 0 Å². The van der Waals surface area contributed by atoms with Crippen LogP contribution < -0.4 is 9.47 Å². The fraction of sp³-hybridized carbons (Fsp3) is 0.250. The number of rotatable bonds is 6. The molecule has 0 aliphatic heterocycles. The van der Waals surface area contributed by atoms with E-state index in [1.54, 1.807) is 12.1 Å². The van der Waals surface area contributed by atoms with Crippen LogP contribution in [-0.2, 0) is 9.53 Å². The van der Waals surface area contributed by atoms with Crippen LogP contribution in [0.15, 0.2) is 84.9 Å². The number of hydrogen-bond donors (Lipinski definition) is 0. The van der Waals surface area contributed by atoms with Crippen LogP contribution in [-0.4, -0.2) is 18.9 Å². The van der Waals surface area contributed by atoms with Crippen LogP contribution in [0, 0.1) is 17.8 Å². The molecular formula is C28H26O4. The van der Waals surface area contributed by atoms with E-state index in [0.717, 1.165) is 42.6 Å². The topological polar surface area (TPSA) is 44.8 Å². The third-order valence-electron chi connectivity index (χ3n) is 5.48. The van der Waals surface area contributed by atoms with Crippen molar-refractivity contribution in [3.63, 3.8) is 0 Å². The highest BCUT2D eigenvalue weighted by Gasteiger charge is 2.28. The van der Waals surface area contributed by atoms with Crippen LogP contribution in [0.25, 0.3) is 0 Å². The monoisotopic (exact) mass is 426 g/mol. The molecule has 0 radical (unpaired) electrons. The molecule has 3 aromatic carbocycles. The van der Waals surface area contributed by atoms with E-state index in [0.29, 0.717) is 5.75 Å². The first-order valence-electron chi connectivity index (χ1n) is 10.9. The lowest BCUT2D eigenvalue weighted by atomic mass is 9.87. The molecule has 32 heavy (non-hydrogen) atoms. The van der Waals surface area contributed by atoms with E-state index < -0.39 is 0 Å². The number of carbonyl (C=O) groups is 1. The SMILES string of the molecule is O=C(Oc1ccccc1)C1CCC(OCOc2ccc(C#Cc3ccccc3)cc2)CC1. The van der Waals surface area contributed by atoms with Crippen molar-refractivity contribution in [2.24, 2.45) is 5.92 Å². The summed E-state index contributed by atoms with van der Waals surface area (Å²) in [6.07, 6.45) is 3.29. The van der Waals surface area contributed by atoms with Crippen LogP contribution in [0.1, 0.15) is 36.8 Å². The molecule has 4 nitrogen and oxygen atoms in total. The normalized spacial score (nSPS) is 17.6. The molecule has 0 saturated heterocycles. The van der Waals surface area contributed by atoms with E-state index in [4.69, 9.17) is 14.2 Å². The van der Waals surface area contributed by atoms with Crippen LogP contribution in [0.5, 0.6) is 11.5 Å². The van der Waals surface area contributed by atoms with Gasteiger partial charge in [-0.3, -0.25) is 4.79 Å². The summed E-state index contributed by atoms with van der Waals surface area (Å²) in [4.78, 5) is 12.3. The maximum Gasteiger partial charge on any atom is 0.314 e. The summed E-state index contributed by atoms with van der Waals surface area (Å²) in [5.41, 5.74) is 1.92. The molecule has 4 heteroatoms. The Morgan fingerprint density at radius 3 is 1.97 bits per heavy atom. The molecule has 0 heterocycles. The number of hydrogen-bond acceptors (Lipinski definition) is 4. The lowest BCUT2D eigenvalue weighted by Gasteiger charge is -2.27. The summed E-state index contributed by atoms with van der Waals surface area (Å²) in [5.74, 6) is 7.42. The van der Waals surface area contributed by atoms with E-state index in [9.17, 15) is 4.79 Å². The molecule has 0 atom stereocenters. The molecule has 0 unspecified atom stereocenters. The van der Waals surface area contributed by atoms with Crippen molar-refractivity contribution >= 4 is 5.97 Å². The molecule has 1 fully saturated rings. The first-order valence-corrected chi connectivity index (χ1v) is 10.9. The van der Waals surface area contributed by atoms with Crippen LogP contribution >= 0.6 is 0 Å². The Balaban J connectivity index is 1.16. The van der Waals surface area contributed by atoms with E-state index in [1.165, 1.54) is 0 Å². The number of ether oxygens (including phenoxy) is 3. The quantitative estimate of drug-likeness (QED) is 0.223. The highest BCUT2D eigenvalue weighted by molar-refractivity contribution is 5.75. The summed E-state index contributed by atoms with van der Waals surface area (Å²) in [6, 6.07) is 26.8. The molecule has 0 bridgehead atoms. The standard InChI is InChI=1S/C28H26O4/c29-28(32-27-9-5-2-6-10-27)24-15-19-26(20-16-24)31-21-30-25-17-13-23(14-18-25)12-11-22-7-3-1-4-8-22/h1-10,13-14,17-18,24,26H,15-16,19-21H2. The van der Waals surface area contributed by atoms with Gasteiger partial charge >= 0.3 is 5.97 Å². The zero-order valence-electron chi connectivity index (χ0n) is 17.9. The summed E-state index contributed by atoms with van der Waals surface area (Å²) >= 11 is 0. The van der Waals surface area contributed by atoms with Gasteiger partial charge in [0.1, 0.15) is 11.5 Å². The van der Waals surface area contributed by atoms with Gasteiger partial charge in [-0.2, -0.15) is 0 Å². The van der Waals surface area contributed by atoms with Gasteiger partial charge in [-0.25, -0.2) is 0 Å². The maximum absolute atomic E-state index is 12.3. The Kier molecular flexibility index (Phi) is 7.57. The van der Waals surface area contributed by atoms with Gasteiger partial charge in [0.15, 0.2) is 6.79 Å². The zero-order valence-corrected chi connectivity index (χ0v) is 17.9. The Morgan fingerprint density at radius 2 is 1.31 bits per heavy atom. The van der Waals surface area contributed by atoms with Gasteiger partial charge in [-0.1, -0.05) is 48.2 Å². The molecule has 0 aromatic heterocycles. The Hall–Kier alpha value is -3.55. The third-order valence-corrected chi connectivity index (χ3v) is 5.48. The summed E-state index contributed by atoms with van der Waals surface area (Å²) in [5, 5.41) is 0. The summed E-state index contributed by atoms with van der Waals surface area (Å²) in [6.45, 7) is 0.193. The molecule has 1 aliphatic carbocycles. The average molecular weight is 427 g/mol. The molecule has 162 valence electrons. The van der Waals surface area contributed by atoms with Gasteiger partial charge in [0.25, 0.3) is 0 Å². The molecule has 1 aliphatic rings. The van der Waals surface area contributed by atoms with E-state index in [1.807, 2.05) is 72.8 Å². The lowest BCUT2D eigenvalue weighted by molar-refractivity contribution is -0.141. The second-order valence-electron chi connectivity index (χ2n) is 7.78. The van der Waals surface area contributed by atoms with E-state index in [-0.39, 0.29) is 24.8 Å². The van der Waals surface area contributed by atoms with Gasteiger partial charge in [0, 0.05) is 11.1 Å². The van der Waals surface area contributed by atoms with Crippen molar-refractivity contribution in [1.82, 2.24) is 0 Å². The van der Waals surface area contributed by atoms with Crippen LogP contribution in [0.4, 0.5) is 0 Å². The van der Waals surface area contributed by atoms with Crippen molar-refractivity contribution in [3.8, 4) is 23.3 Å². The highest BCUT2D eigenvalue weighted by Crippen LogP contribution is 2.28. The molecule has 0 N–H and O–H groups in total. The minimum atomic E-state index is -0.152. The van der Waals surface area contributed by atoms with Gasteiger partial charge in [0.05, 0.1) is 12.0 Å². The fourth-order valence-corrected chi connectivity index (χ4v) is 3.65. The molecule has 3 aromatic rings. The third kappa shape index (κ3) is 6.47. The minimum Gasteiger partial charge on any atom is -0.468 e. The smallest absolute Gasteiger partial charge is 0.314 e. The number of benzene rings is 3. The molecule has 0 spiro atoms. The van der Waals surface area contributed by atoms with E-state index in [2.05, 4.69) is 11.8 Å². The number of carbonyl (C=O) groups excluding carboxylic acids is 1. The highest BCUT2D eigenvalue weighted by atomic mass is 16.7. The molecule has 1 saturated carbocycles. The number of para-hydroxylation sites is 1. The van der Waals surface area contributed by atoms with Crippen molar-refractivity contribution < 1.29 is 19.0 Å². The maximum atomic E-state index is 12.3. The fourth-order valence-electron chi connectivity index (χ4n) is 3.65. The molecule has 0 amide bonds. The summed E-state index contributed by atoms with van der Waals surface area (Å²) in [7, 11) is 0. The first-order chi connectivity index (χ1) is 15.8. The predicted molar refractivity (Wildman–Crippen MR) is 123 cm³/mol. The van der Waals surface area contributed by atoms with Gasteiger partial charge in [0.2, 0.25) is 0 Å². The van der Waals surface area contributed by atoms with Crippen LogP contribution in [0.3, 0.4) is 0 Å². The van der Waals surface area contributed by atoms with Gasteiger partial charge in [-0.15, -0.1) is 0 Å². The Labute approximate surface area is 189 Å². The summed E-state index contributed by atoms with van der Waals surface area (Å²) < 4.78 is 17.1. The van der Waals surface area contributed by atoms with E-state index >= 15 is 0 Å². The first kappa shape index (κ1) is 21.7. The van der Waals surface area contributed by atoms with Crippen LogP contribution in [0.2, 0.25) is 0 Å². The second-order valence-corrected chi connectivity index (χ2v) is 7.78. The van der Waals surface area contributed by atoms with Crippen molar-refractivity contribution in [3.05, 3.63) is 96.1 Å². The van der Waals surface area contributed by atoms with Crippen molar-refractivity contribution in [2.75, 3.05) is 6.79 Å². The van der Waals surface area contributed by atoms with Gasteiger partial charge in [-0.05, 0) is 74.2 Å². The average Bonchev–Trinajstić information content (AvgIpc) is 2.85. The zero-order chi connectivity index (χ0) is 22.0. The predicted octanol–water partition coefficient (Wildman–Crippen LogP) is 5.60. The number of esters is 1. The lowest BCUT2D eigenvalue weighted by Crippen LogP contribution is -2.29.